The molecule has 0 unspecified atom stereocenters. The topological polar surface area (TPSA) is 32.7 Å². The standard InChI is InChI=1S/C18H14BrFN2OS/c1-2-22-17(23)16(11-12-3-5-13(19)6-4-12)24-18(22)21-15-9-7-14(20)8-10-15/h3-11H,2H2,1H3/b16-11+,21-18?. The van der Waals surface area contributed by atoms with Crippen molar-refractivity contribution in [2.45, 2.75) is 6.92 Å². The predicted molar refractivity (Wildman–Crippen MR) is 101 cm³/mol. The molecular formula is C18H14BrFN2OS. The van der Waals surface area contributed by atoms with Crippen LogP contribution in [0.5, 0.6) is 0 Å². The maximum atomic E-state index is 13.0. The average molecular weight is 405 g/mol. The number of amidine groups is 1. The van der Waals surface area contributed by atoms with Gasteiger partial charge in [-0.05, 0) is 66.7 Å². The Hall–Kier alpha value is -1.92. The molecule has 0 atom stereocenters. The Morgan fingerprint density at radius 2 is 1.83 bits per heavy atom. The third-order valence-corrected chi connectivity index (χ3v) is 4.96. The summed E-state index contributed by atoms with van der Waals surface area (Å²) in [4.78, 5) is 19.3. The zero-order chi connectivity index (χ0) is 17.1. The lowest BCUT2D eigenvalue weighted by Crippen LogP contribution is -2.28. The molecule has 122 valence electrons. The maximum absolute atomic E-state index is 13.0. The first-order chi connectivity index (χ1) is 11.6. The highest BCUT2D eigenvalue weighted by atomic mass is 79.9. The molecule has 1 aliphatic rings. The van der Waals surface area contributed by atoms with Gasteiger partial charge in [-0.25, -0.2) is 9.38 Å². The molecule has 0 saturated carbocycles. The van der Waals surface area contributed by atoms with E-state index in [2.05, 4.69) is 20.9 Å². The highest BCUT2D eigenvalue weighted by molar-refractivity contribution is 9.10. The first kappa shape index (κ1) is 16.9. The number of hydrogen-bond donors (Lipinski definition) is 0. The molecule has 0 radical (unpaired) electrons. The number of nitrogens with zero attached hydrogens (tertiary/aromatic N) is 2. The molecule has 1 saturated heterocycles. The molecule has 1 aliphatic heterocycles. The van der Waals surface area contributed by atoms with E-state index in [1.165, 1.54) is 23.9 Å². The number of thioether (sulfide) groups is 1. The first-order valence-electron chi connectivity index (χ1n) is 7.38. The summed E-state index contributed by atoms with van der Waals surface area (Å²) >= 11 is 4.73. The SMILES string of the molecule is CCN1C(=O)/C(=C\c2ccc(Br)cc2)SC1=Nc1ccc(F)cc1. The van der Waals surface area contributed by atoms with E-state index in [9.17, 15) is 9.18 Å². The van der Waals surface area contributed by atoms with E-state index >= 15 is 0 Å². The number of amides is 1. The monoisotopic (exact) mass is 404 g/mol. The third kappa shape index (κ3) is 3.76. The minimum Gasteiger partial charge on any atom is -0.287 e. The molecular weight excluding hydrogens is 391 g/mol. The number of benzene rings is 2. The molecule has 3 nitrogen and oxygen atoms in total. The van der Waals surface area contributed by atoms with Crippen molar-refractivity contribution in [2.24, 2.45) is 4.99 Å². The van der Waals surface area contributed by atoms with Crippen LogP contribution in [-0.2, 0) is 4.79 Å². The second-order valence-corrected chi connectivity index (χ2v) is 7.01. The van der Waals surface area contributed by atoms with Crippen molar-refractivity contribution < 1.29 is 9.18 Å². The van der Waals surface area contributed by atoms with Crippen molar-refractivity contribution in [3.8, 4) is 0 Å². The van der Waals surface area contributed by atoms with Crippen LogP contribution in [0.1, 0.15) is 12.5 Å². The fraction of sp³-hybridized carbons (Fsp3) is 0.111. The maximum Gasteiger partial charge on any atom is 0.266 e. The number of likely N-dealkylation sites (N-methyl/N-ethyl adjacent to an activating group) is 1. The zero-order valence-corrected chi connectivity index (χ0v) is 15.3. The van der Waals surface area contributed by atoms with Gasteiger partial charge in [0.05, 0.1) is 10.6 Å². The van der Waals surface area contributed by atoms with E-state index in [-0.39, 0.29) is 11.7 Å². The summed E-state index contributed by atoms with van der Waals surface area (Å²) < 4.78 is 14.0. The molecule has 0 aromatic heterocycles. The van der Waals surface area contributed by atoms with E-state index in [0.717, 1.165) is 10.0 Å². The molecule has 0 bridgehead atoms. The van der Waals surface area contributed by atoms with Crippen LogP contribution >= 0.6 is 27.7 Å². The normalized spacial score (nSPS) is 18.0. The van der Waals surface area contributed by atoms with E-state index in [1.54, 1.807) is 17.0 Å². The van der Waals surface area contributed by atoms with Crippen molar-refractivity contribution in [2.75, 3.05) is 6.54 Å². The van der Waals surface area contributed by atoms with E-state index in [0.29, 0.717) is 22.3 Å². The van der Waals surface area contributed by atoms with Crippen LogP contribution in [0.4, 0.5) is 10.1 Å². The molecule has 2 aromatic rings. The van der Waals surface area contributed by atoms with Crippen molar-refractivity contribution in [1.29, 1.82) is 0 Å². The van der Waals surface area contributed by atoms with Crippen molar-refractivity contribution in [3.05, 3.63) is 69.3 Å². The molecule has 1 heterocycles. The Kier molecular flexibility index (Phi) is 5.16. The smallest absolute Gasteiger partial charge is 0.266 e. The van der Waals surface area contributed by atoms with Crippen molar-refractivity contribution in [3.63, 3.8) is 0 Å². The number of hydrogen-bond acceptors (Lipinski definition) is 3. The average Bonchev–Trinajstić information content (AvgIpc) is 2.86. The molecule has 3 rings (SSSR count). The molecule has 1 amide bonds. The highest BCUT2D eigenvalue weighted by Crippen LogP contribution is 2.34. The van der Waals surface area contributed by atoms with Gasteiger partial charge in [-0.1, -0.05) is 28.1 Å². The third-order valence-electron chi connectivity index (χ3n) is 3.42. The zero-order valence-electron chi connectivity index (χ0n) is 12.9. The van der Waals surface area contributed by atoms with E-state index in [1.807, 2.05) is 37.3 Å². The Morgan fingerprint density at radius 1 is 1.17 bits per heavy atom. The Labute approximate surface area is 152 Å². The van der Waals surface area contributed by atoms with Gasteiger partial charge in [0.25, 0.3) is 5.91 Å². The quantitative estimate of drug-likeness (QED) is 0.657. The summed E-state index contributed by atoms with van der Waals surface area (Å²) in [5, 5.41) is 0.609. The molecule has 2 aromatic carbocycles. The molecule has 0 N–H and O–H groups in total. The van der Waals surface area contributed by atoms with Crippen LogP contribution in [0, 0.1) is 5.82 Å². The summed E-state index contributed by atoms with van der Waals surface area (Å²) in [5.41, 5.74) is 1.57. The molecule has 6 heteroatoms. The number of aliphatic imine (C=N–C) groups is 1. The first-order valence-corrected chi connectivity index (χ1v) is 8.99. The molecule has 24 heavy (non-hydrogen) atoms. The Morgan fingerprint density at radius 3 is 2.46 bits per heavy atom. The van der Waals surface area contributed by atoms with E-state index in [4.69, 9.17) is 0 Å². The fourth-order valence-electron chi connectivity index (χ4n) is 2.21. The summed E-state index contributed by atoms with van der Waals surface area (Å²) in [5.74, 6) is -0.372. The summed E-state index contributed by atoms with van der Waals surface area (Å²) in [6.45, 7) is 2.44. The molecule has 0 aliphatic carbocycles. The minimum absolute atomic E-state index is 0.0636. The van der Waals surface area contributed by atoms with Crippen LogP contribution in [-0.4, -0.2) is 22.5 Å². The molecule has 0 spiro atoms. The summed E-state index contributed by atoms with van der Waals surface area (Å²) in [6.07, 6.45) is 1.86. The predicted octanol–water partition coefficient (Wildman–Crippen LogP) is 5.21. The summed E-state index contributed by atoms with van der Waals surface area (Å²) in [7, 11) is 0. The van der Waals surface area contributed by atoms with Crippen LogP contribution < -0.4 is 0 Å². The van der Waals surface area contributed by atoms with Crippen LogP contribution in [0.3, 0.4) is 0 Å². The van der Waals surface area contributed by atoms with Gasteiger partial charge in [-0.2, -0.15) is 0 Å². The van der Waals surface area contributed by atoms with Crippen LogP contribution in [0.15, 0.2) is 62.9 Å². The summed E-state index contributed by atoms with van der Waals surface area (Å²) in [6, 6.07) is 13.6. The van der Waals surface area contributed by atoms with Gasteiger partial charge in [0.2, 0.25) is 0 Å². The number of carbonyl (C=O) groups excluding carboxylic acids is 1. The number of rotatable bonds is 3. The van der Waals surface area contributed by atoms with Gasteiger partial charge in [-0.3, -0.25) is 9.69 Å². The fourth-order valence-corrected chi connectivity index (χ4v) is 3.53. The van der Waals surface area contributed by atoms with Gasteiger partial charge >= 0.3 is 0 Å². The van der Waals surface area contributed by atoms with Crippen molar-refractivity contribution >= 4 is 50.5 Å². The van der Waals surface area contributed by atoms with Crippen LogP contribution in [0.25, 0.3) is 6.08 Å². The van der Waals surface area contributed by atoms with E-state index < -0.39 is 0 Å². The van der Waals surface area contributed by atoms with Crippen LogP contribution in [0.2, 0.25) is 0 Å². The lowest BCUT2D eigenvalue weighted by Gasteiger charge is -2.11. The number of carbonyl (C=O) groups is 1. The van der Waals surface area contributed by atoms with Gasteiger partial charge in [-0.15, -0.1) is 0 Å². The highest BCUT2D eigenvalue weighted by Gasteiger charge is 2.32. The van der Waals surface area contributed by atoms with Gasteiger partial charge in [0, 0.05) is 11.0 Å². The lowest BCUT2D eigenvalue weighted by molar-refractivity contribution is -0.122. The second-order valence-electron chi connectivity index (χ2n) is 5.08. The lowest BCUT2D eigenvalue weighted by atomic mass is 10.2. The van der Waals surface area contributed by atoms with Gasteiger partial charge in [0.15, 0.2) is 5.17 Å². The Balaban J connectivity index is 1.91. The Bertz CT molecular complexity index is 816. The molecule has 1 fully saturated rings. The number of halogens is 2. The van der Waals surface area contributed by atoms with Crippen molar-refractivity contribution in [1.82, 2.24) is 4.90 Å². The largest absolute Gasteiger partial charge is 0.287 e. The van der Waals surface area contributed by atoms with Gasteiger partial charge in [0.1, 0.15) is 5.82 Å². The van der Waals surface area contributed by atoms with Gasteiger partial charge < -0.3 is 0 Å². The second kappa shape index (κ2) is 7.32. The minimum atomic E-state index is -0.308.